The molecule has 4 nitrogen and oxygen atoms in total. The molecule has 4 heteroatoms. The van der Waals surface area contributed by atoms with Gasteiger partial charge in [-0.2, -0.15) is 0 Å². The number of carbonyl (C=O) groups is 1. The summed E-state index contributed by atoms with van der Waals surface area (Å²) in [4.78, 5) is 11.5. The van der Waals surface area contributed by atoms with Crippen molar-refractivity contribution in [3.05, 3.63) is 23.8 Å². The molecule has 0 bridgehead atoms. The third-order valence-corrected chi connectivity index (χ3v) is 3.12. The Labute approximate surface area is 109 Å². The first-order valence-corrected chi connectivity index (χ1v) is 6.65. The first kappa shape index (κ1) is 14.8. The highest BCUT2D eigenvalue weighted by Crippen LogP contribution is 2.09. The molecule has 2 N–H and O–H groups in total. The van der Waals surface area contributed by atoms with Gasteiger partial charge in [0, 0.05) is 6.54 Å². The smallest absolute Gasteiger partial charge is 0.407 e. The maximum absolute atomic E-state index is 11.5. The molecule has 1 aliphatic rings. The number of carbonyl (C=O) groups excluding carboxylic acids is 1. The van der Waals surface area contributed by atoms with E-state index in [0.29, 0.717) is 12.5 Å². The molecule has 0 aromatic heterocycles. The molecule has 1 aliphatic heterocycles. The van der Waals surface area contributed by atoms with Crippen LogP contribution in [0.3, 0.4) is 0 Å². The van der Waals surface area contributed by atoms with E-state index in [1.165, 1.54) is 0 Å². The average molecular weight is 252 g/mol. The zero-order valence-corrected chi connectivity index (χ0v) is 11.4. The number of allylic oxidation sites excluding steroid dienone is 2. The van der Waals surface area contributed by atoms with Crippen LogP contribution in [0.2, 0.25) is 0 Å². The van der Waals surface area contributed by atoms with Crippen molar-refractivity contribution < 1.29 is 9.53 Å². The minimum Gasteiger partial charge on any atom is -0.445 e. The SMILES string of the molecule is C/C=C\C(=C/C)COC(=O)NCC1CCNCC1. The number of hydrogen-bond acceptors (Lipinski definition) is 3. The predicted molar refractivity (Wildman–Crippen MR) is 73.5 cm³/mol. The highest BCUT2D eigenvalue weighted by Gasteiger charge is 2.14. The Morgan fingerprint density at radius 1 is 1.39 bits per heavy atom. The largest absolute Gasteiger partial charge is 0.445 e. The Hall–Kier alpha value is -1.29. The molecule has 102 valence electrons. The van der Waals surface area contributed by atoms with Crippen molar-refractivity contribution in [3.8, 4) is 0 Å². The Kier molecular flexibility index (Phi) is 7.18. The first-order valence-electron chi connectivity index (χ1n) is 6.65. The molecule has 1 rings (SSSR count). The third-order valence-electron chi connectivity index (χ3n) is 3.12. The lowest BCUT2D eigenvalue weighted by Gasteiger charge is -2.22. The summed E-state index contributed by atoms with van der Waals surface area (Å²) in [7, 11) is 0. The Balaban J connectivity index is 2.16. The summed E-state index contributed by atoms with van der Waals surface area (Å²) >= 11 is 0. The van der Waals surface area contributed by atoms with E-state index in [1.807, 2.05) is 32.1 Å². The summed E-state index contributed by atoms with van der Waals surface area (Å²) in [5, 5.41) is 6.14. The summed E-state index contributed by atoms with van der Waals surface area (Å²) < 4.78 is 5.15. The van der Waals surface area contributed by atoms with Crippen molar-refractivity contribution in [1.29, 1.82) is 0 Å². The number of ether oxygens (including phenoxy) is 1. The molecule has 1 heterocycles. The summed E-state index contributed by atoms with van der Waals surface area (Å²) in [6, 6.07) is 0. The lowest BCUT2D eigenvalue weighted by atomic mass is 9.98. The van der Waals surface area contributed by atoms with Crippen molar-refractivity contribution in [1.82, 2.24) is 10.6 Å². The zero-order chi connectivity index (χ0) is 13.2. The molecule has 18 heavy (non-hydrogen) atoms. The van der Waals surface area contributed by atoms with Gasteiger partial charge in [0.25, 0.3) is 0 Å². The number of amides is 1. The second-order valence-corrected chi connectivity index (χ2v) is 4.51. The van der Waals surface area contributed by atoms with E-state index in [2.05, 4.69) is 10.6 Å². The highest BCUT2D eigenvalue weighted by molar-refractivity contribution is 5.67. The van der Waals surface area contributed by atoms with Crippen LogP contribution in [0.15, 0.2) is 23.8 Å². The monoisotopic (exact) mass is 252 g/mol. The molecule has 0 saturated carbocycles. The van der Waals surface area contributed by atoms with E-state index in [-0.39, 0.29) is 6.09 Å². The van der Waals surface area contributed by atoms with Gasteiger partial charge in [0.15, 0.2) is 0 Å². The number of hydrogen-bond donors (Lipinski definition) is 2. The standard InChI is InChI=1S/C14H24N2O2/c1-3-5-12(4-2)11-18-14(17)16-10-13-6-8-15-9-7-13/h3-5,13,15H,6-11H2,1-2H3,(H,16,17)/b5-3-,12-4+. The van der Waals surface area contributed by atoms with Gasteiger partial charge in [-0.15, -0.1) is 0 Å². The second-order valence-electron chi connectivity index (χ2n) is 4.51. The van der Waals surface area contributed by atoms with Crippen molar-refractivity contribution in [2.45, 2.75) is 26.7 Å². The van der Waals surface area contributed by atoms with E-state index in [1.54, 1.807) is 0 Å². The summed E-state index contributed by atoms with van der Waals surface area (Å²) in [6.45, 7) is 7.03. The van der Waals surface area contributed by atoms with Gasteiger partial charge >= 0.3 is 6.09 Å². The maximum Gasteiger partial charge on any atom is 0.407 e. The molecule has 1 fully saturated rings. The molecule has 0 unspecified atom stereocenters. The topological polar surface area (TPSA) is 50.4 Å². The second kappa shape index (κ2) is 8.75. The third kappa shape index (κ3) is 5.87. The van der Waals surface area contributed by atoms with E-state index in [0.717, 1.165) is 38.0 Å². The normalized spacial score (nSPS) is 18.0. The molecule has 0 aromatic carbocycles. The van der Waals surface area contributed by atoms with Crippen LogP contribution in [0.5, 0.6) is 0 Å². The Morgan fingerprint density at radius 3 is 2.72 bits per heavy atom. The van der Waals surface area contributed by atoms with Crippen LogP contribution in [0.25, 0.3) is 0 Å². The number of piperidine rings is 1. The van der Waals surface area contributed by atoms with Gasteiger partial charge in [-0.05, 0) is 51.3 Å². The molecule has 0 aromatic rings. The van der Waals surface area contributed by atoms with Crippen LogP contribution in [0, 0.1) is 5.92 Å². The lowest BCUT2D eigenvalue weighted by Crippen LogP contribution is -2.36. The minimum atomic E-state index is -0.322. The van der Waals surface area contributed by atoms with E-state index >= 15 is 0 Å². The molecule has 0 spiro atoms. The number of nitrogens with one attached hydrogen (secondary N) is 2. The van der Waals surface area contributed by atoms with E-state index in [4.69, 9.17) is 4.74 Å². The zero-order valence-electron chi connectivity index (χ0n) is 11.4. The first-order chi connectivity index (χ1) is 8.76. The molecular formula is C14H24N2O2. The van der Waals surface area contributed by atoms with Gasteiger partial charge in [0.1, 0.15) is 6.61 Å². The highest BCUT2D eigenvalue weighted by atomic mass is 16.5. The van der Waals surface area contributed by atoms with Crippen LogP contribution in [0.1, 0.15) is 26.7 Å². The van der Waals surface area contributed by atoms with Crippen molar-refractivity contribution in [3.63, 3.8) is 0 Å². The molecule has 0 radical (unpaired) electrons. The van der Waals surface area contributed by atoms with E-state index < -0.39 is 0 Å². The molecule has 1 saturated heterocycles. The quantitative estimate of drug-likeness (QED) is 0.738. The number of rotatable bonds is 5. The predicted octanol–water partition coefficient (Wildman–Crippen LogP) is 2.23. The number of alkyl carbamates (subject to hydrolysis) is 1. The summed E-state index contributed by atoms with van der Waals surface area (Å²) in [5.41, 5.74) is 1.01. The van der Waals surface area contributed by atoms with Gasteiger partial charge in [-0.1, -0.05) is 18.2 Å². The van der Waals surface area contributed by atoms with Crippen LogP contribution < -0.4 is 10.6 Å². The van der Waals surface area contributed by atoms with Gasteiger partial charge < -0.3 is 15.4 Å². The maximum atomic E-state index is 11.5. The van der Waals surface area contributed by atoms with E-state index in [9.17, 15) is 4.79 Å². The van der Waals surface area contributed by atoms with Crippen molar-refractivity contribution >= 4 is 6.09 Å². The van der Waals surface area contributed by atoms with Gasteiger partial charge in [0.05, 0.1) is 0 Å². The molecule has 0 atom stereocenters. The minimum absolute atomic E-state index is 0.322. The lowest BCUT2D eigenvalue weighted by molar-refractivity contribution is 0.153. The van der Waals surface area contributed by atoms with Gasteiger partial charge in [-0.25, -0.2) is 4.79 Å². The Bertz CT molecular complexity index is 305. The van der Waals surface area contributed by atoms with Gasteiger partial charge in [0.2, 0.25) is 0 Å². The van der Waals surface area contributed by atoms with Crippen LogP contribution in [-0.2, 0) is 4.74 Å². The Morgan fingerprint density at radius 2 is 2.11 bits per heavy atom. The molecule has 1 amide bonds. The van der Waals surface area contributed by atoms with Gasteiger partial charge in [-0.3, -0.25) is 0 Å². The van der Waals surface area contributed by atoms with Crippen LogP contribution in [0.4, 0.5) is 4.79 Å². The fourth-order valence-electron chi connectivity index (χ4n) is 1.96. The summed E-state index contributed by atoms with van der Waals surface area (Å²) in [6.07, 6.45) is 7.75. The average Bonchev–Trinajstić information content (AvgIpc) is 2.42. The fraction of sp³-hybridized carbons (Fsp3) is 0.643. The molecule has 0 aliphatic carbocycles. The van der Waals surface area contributed by atoms with Crippen molar-refractivity contribution in [2.24, 2.45) is 5.92 Å². The summed E-state index contributed by atoms with van der Waals surface area (Å²) in [5.74, 6) is 0.579. The molecular weight excluding hydrogens is 228 g/mol. The fourth-order valence-corrected chi connectivity index (χ4v) is 1.96. The van der Waals surface area contributed by atoms with Crippen LogP contribution in [-0.4, -0.2) is 32.3 Å². The van der Waals surface area contributed by atoms with Crippen LogP contribution >= 0.6 is 0 Å². The van der Waals surface area contributed by atoms with Crippen molar-refractivity contribution in [2.75, 3.05) is 26.2 Å².